The van der Waals surface area contributed by atoms with Crippen LogP contribution in [0.2, 0.25) is 0 Å². The van der Waals surface area contributed by atoms with Crippen LogP contribution in [0.4, 0.5) is 13.2 Å². The first kappa shape index (κ1) is 22.3. The Kier molecular flexibility index (Phi) is 6.86. The standard InChI is InChI=1S/C24H28F3NO2/c1-16(2)18-6-4-17(5-7-18)15-28-13-12-20(23(29)30-3)14-22(28)19-8-10-21(11-9-19)24(25,26)27/h4-11,16,20,22H,12-15H2,1-3H3/t20-,22+/m0/s1. The quantitative estimate of drug-likeness (QED) is 0.561. The van der Waals surface area contributed by atoms with Crippen LogP contribution in [-0.2, 0) is 22.3 Å². The number of hydrogen-bond acceptors (Lipinski definition) is 3. The molecule has 0 amide bonds. The van der Waals surface area contributed by atoms with Crippen molar-refractivity contribution in [1.82, 2.24) is 4.90 Å². The van der Waals surface area contributed by atoms with Crippen LogP contribution in [0.25, 0.3) is 0 Å². The molecule has 3 rings (SSSR count). The third-order valence-electron chi connectivity index (χ3n) is 5.90. The summed E-state index contributed by atoms with van der Waals surface area (Å²) in [4.78, 5) is 14.3. The molecule has 0 radical (unpaired) electrons. The molecule has 1 fully saturated rings. The van der Waals surface area contributed by atoms with Crippen LogP contribution in [0.5, 0.6) is 0 Å². The van der Waals surface area contributed by atoms with E-state index < -0.39 is 11.7 Å². The molecule has 2 aromatic carbocycles. The SMILES string of the molecule is COC(=O)[C@H]1CCN(Cc2ccc(C(C)C)cc2)[C@@H](c2ccc(C(F)(F)F)cc2)C1. The van der Waals surface area contributed by atoms with Crippen LogP contribution >= 0.6 is 0 Å². The van der Waals surface area contributed by atoms with Gasteiger partial charge < -0.3 is 4.74 Å². The number of hydrogen-bond donors (Lipinski definition) is 0. The average Bonchev–Trinajstić information content (AvgIpc) is 2.73. The fourth-order valence-electron chi connectivity index (χ4n) is 4.07. The smallest absolute Gasteiger partial charge is 0.416 e. The summed E-state index contributed by atoms with van der Waals surface area (Å²) in [5, 5.41) is 0. The van der Waals surface area contributed by atoms with E-state index in [9.17, 15) is 18.0 Å². The number of benzene rings is 2. The van der Waals surface area contributed by atoms with Crippen LogP contribution < -0.4 is 0 Å². The van der Waals surface area contributed by atoms with Gasteiger partial charge in [0.25, 0.3) is 0 Å². The number of likely N-dealkylation sites (tertiary alicyclic amines) is 1. The van der Waals surface area contributed by atoms with Gasteiger partial charge in [0.15, 0.2) is 0 Å². The van der Waals surface area contributed by atoms with Crippen molar-refractivity contribution >= 4 is 5.97 Å². The average molecular weight is 419 g/mol. The molecule has 162 valence electrons. The number of ether oxygens (including phenoxy) is 1. The molecule has 0 bridgehead atoms. The highest BCUT2D eigenvalue weighted by Gasteiger charge is 2.35. The van der Waals surface area contributed by atoms with Crippen molar-refractivity contribution in [1.29, 1.82) is 0 Å². The first-order chi connectivity index (χ1) is 14.2. The Balaban J connectivity index is 1.83. The summed E-state index contributed by atoms with van der Waals surface area (Å²) in [6, 6.07) is 13.6. The molecular formula is C24H28F3NO2. The van der Waals surface area contributed by atoms with Gasteiger partial charge >= 0.3 is 12.1 Å². The van der Waals surface area contributed by atoms with Crippen molar-refractivity contribution in [3.05, 3.63) is 70.8 Å². The van der Waals surface area contributed by atoms with Crippen molar-refractivity contribution in [2.24, 2.45) is 5.92 Å². The molecule has 3 nitrogen and oxygen atoms in total. The van der Waals surface area contributed by atoms with E-state index in [0.717, 1.165) is 23.3 Å². The van der Waals surface area contributed by atoms with Gasteiger partial charge in [-0.25, -0.2) is 0 Å². The molecular weight excluding hydrogens is 391 g/mol. The maximum absolute atomic E-state index is 13.0. The second-order valence-electron chi connectivity index (χ2n) is 8.25. The Bertz CT molecular complexity index is 844. The number of nitrogens with zero attached hydrogens (tertiary/aromatic N) is 1. The van der Waals surface area contributed by atoms with Gasteiger partial charge in [-0.2, -0.15) is 13.2 Å². The van der Waals surface area contributed by atoms with Crippen LogP contribution in [0.1, 0.15) is 60.9 Å². The van der Waals surface area contributed by atoms with Crippen molar-refractivity contribution < 1.29 is 22.7 Å². The largest absolute Gasteiger partial charge is 0.469 e. The number of piperidine rings is 1. The van der Waals surface area contributed by atoms with Crippen molar-refractivity contribution in [2.45, 2.75) is 51.4 Å². The van der Waals surface area contributed by atoms with E-state index in [2.05, 4.69) is 43.0 Å². The molecule has 1 saturated heterocycles. The Morgan fingerprint density at radius 2 is 1.73 bits per heavy atom. The second-order valence-corrected chi connectivity index (χ2v) is 8.25. The summed E-state index contributed by atoms with van der Waals surface area (Å²) in [7, 11) is 1.37. The predicted octanol–water partition coefficient (Wildman–Crippen LogP) is 5.96. The molecule has 0 aliphatic carbocycles. The molecule has 1 aliphatic heterocycles. The monoisotopic (exact) mass is 419 g/mol. The van der Waals surface area contributed by atoms with E-state index in [1.165, 1.54) is 24.8 Å². The third kappa shape index (κ3) is 5.22. The van der Waals surface area contributed by atoms with Gasteiger partial charge in [-0.05, 0) is 54.1 Å². The number of carbonyl (C=O) groups is 1. The fourth-order valence-corrected chi connectivity index (χ4v) is 4.07. The van der Waals surface area contributed by atoms with E-state index in [1.807, 2.05) is 0 Å². The van der Waals surface area contributed by atoms with E-state index >= 15 is 0 Å². The zero-order valence-electron chi connectivity index (χ0n) is 17.6. The minimum absolute atomic E-state index is 0.144. The Morgan fingerprint density at radius 1 is 1.10 bits per heavy atom. The summed E-state index contributed by atoms with van der Waals surface area (Å²) in [5.41, 5.74) is 2.54. The molecule has 0 aromatic heterocycles. The van der Waals surface area contributed by atoms with Crippen LogP contribution in [0, 0.1) is 5.92 Å². The Labute approximate surface area is 175 Å². The van der Waals surface area contributed by atoms with E-state index in [0.29, 0.717) is 31.8 Å². The van der Waals surface area contributed by atoms with Crippen LogP contribution in [0.3, 0.4) is 0 Å². The Hall–Kier alpha value is -2.34. The zero-order chi connectivity index (χ0) is 21.9. The molecule has 2 atom stereocenters. The summed E-state index contributed by atoms with van der Waals surface area (Å²) >= 11 is 0. The minimum Gasteiger partial charge on any atom is -0.469 e. The van der Waals surface area contributed by atoms with E-state index in [1.54, 1.807) is 0 Å². The third-order valence-corrected chi connectivity index (χ3v) is 5.90. The predicted molar refractivity (Wildman–Crippen MR) is 110 cm³/mol. The summed E-state index contributed by atoms with van der Waals surface area (Å²) < 4.78 is 43.8. The molecule has 2 aromatic rings. The zero-order valence-corrected chi connectivity index (χ0v) is 17.6. The maximum Gasteiger partial charge on any atom is 0.416 e. The topological polar surface area (TPSA) is 29.5 Å². The molecule has 30 heavy (non-hydrogen) atoms. The Morgan fingerprint density at radius 3 is 2.27 bits per heavy atom. The van der Waals surface area contributed by atoms with Gasteiger partial charge in [-0.3, -0.25) is 9.69 Å². The van der Waals surface area contributed by atoms with Gasteiger partial charge in [0.2, 0.25) is 0 Å². The van der Waals surface area contributed by atoms with Crippen molar-refractivity contribution in [3.63, 3.8) is 0 Å². The van der Waals surface area contributed by atoms with Crippen molar-refractivity contribution in [2.75, 3.05) is 13.7 Å². The number of esters is 1. The number of carbonyl (C=O) groups excluding carboxylic acids is 1. The molecule has 1 aliphatic rings. The lowest BCUT2D eigenvalue weighted by Crippen LogP contribution is -2.39. The van der Waals surface area contributed by atoms with E-state index in [-0.39, 0.29) is 17.9 Å². The first-order valence-electron chi connectivity index (χ1n) is 10.3. The lowest BCUT2D eigenvalue weighted by atomic mass is 9.86. The molecule has 6 heteroatoms. The highest BCUT2D eigenvalue weighted by molar-refractivity contribution is 5.72. The van der Waals surface area contributed by atoms with Gasteiger partial charge in [-0.1, -0.05) is 50.2 Å². The molecule has 0 N–H and O–H groups in total. The van der Waals surface area contributed by atoms with Gasteiger partial charge in [0, 0.05) is 12.6 Å². The first-order valence-corrected chi connectivity index (χ1v) is 10.3. The fraction of sp³-hybridized carbons (Fsp3) is 0.458. The highest BCUT2D eigenvalue weighted by Crippen LogP contribution is 2.37. The summed E-state index contributed by atoms with van der Waals surface area (Å²) in [6.45, 7) is 5.65. The number of halogens is 3. The number of methoxy groups -OCH3 is 1. The van der Waals surface area contributed by atoms with Gasteiger partial charge in [0.1, 0.15) is 0 Å². The minimum atomic E-state index is -4.36. The van der Waals surface area contributed by atoms with E-state index in [4.69, 9.17) is 4.74 Å². The van der Waals surface area contributed by atoms with Crippen LogP contribution in [-0.4, -0.2) is 24.5 Å². The number of rotatable bonds is 5. The molecule has 0 unspecified atom stereocenters. The van der Waals surface area contributed by atoms with Crippen molar-refractivity contribution in [3.8, 4) is 0 Å². The normalized spacial score (nSPS) is 20.4. The second kappa shape index (κ2) is 9.21. The van der Waals surface area contributed by atoms with Crippen LogP contribution in [0.15, 0.2) is 48.5 Å². The maximum atomic E-state index is 13.0. The lowest BCUT2D eigenvalue weighted by molar-refractivity contribution is -0.148. The van der Waals surface area contributed by atoms with Gasteiger partial charge in [0.05, 0.1) is 18.6 Å². The summed E-state index contributed by atoms with van der Waals surface area (Å²) in [5.74, 6) is -0.0514. The molecule has 1 heterocycles. The molecule has 0 saturated carbocycles. The highest BCUT2D eigenvalue weighted by atomic mass is 19.4. The number of alkyl halides is 3. The lowest BCUT2D eigenvalue weighted by Gasteiger charge is -2.39. The molecule has 0 spiro atoms. The summed E-state index contributed by atoms with van der Waals surface area (Å²) in [6.07, 6.45) is -3.16. The van der Waals surface area contributed by atoms with Gasteiger partial charge in [-0.15, -0.1) is 0 Å².